The van der Waals surface area contributed by atoms with Crippen LogP contribution in [0.1, 0.15) is 57.8 Å². The van der Waals surface area contributed by atoms with Gasteiger partial charge in [0.15, 0.2) is 0 Å². The molecule has 0 unspecified atom stereocenters. The Hall–Kier alpha value is -0.610. The van der Waals surface area contributed by atoms with E-state index in [4.69, 9.17) is 4.74 Å². The molecule has 2 heterocycles. The first-order valence-corrected chi connectivity index (χ1v) is 8.87. The third-order valence-electron chi connectivity index (χ3n) is 5.64. The third kappa shape index (κ3) is 3.59. The Balaban J connectivity index is 1.50. The van der Waals surface area contributed by atoms with Crippen LogP contribution in [0.3, 0.4) is 0 Å². The van der Waals surface area contributed by atoms with Crippen LogP contribution in [0, 0.1) is 0 Å². The van der Waals surface area contributed by atoms with Crippen LogP contribution in [0.5, 0.6) is 0 Å². The number of likely N-dealkylation sites (N-methyl/N-ethyl adjacent to an activating group) is 1. The predicted molar refractivity (Wildman–Crippen MR) is 83.2 cm³/mol. The second kappa shape index (κ2) is 7.10. The molecule has 120 valence electrons. The lowest BCUT2D eigenvalue weighted by atomic mass is 9.98. The summed E-state index contributed by atoms with van der Waals surface area (Å²) in [5.41, 5.74) is 0. The van der Waals surface area contributed by atoms with Crippen molar-refractivity contribution in [3.63, 3.8) is 0 Å². The van der Waals surface area contributed by atoms with E-state index in [1.165, 1.54) is 45.1 Å². The molecule has 2 saturated heterocycles. The molecule has 1 amide bonds. The van der Waals surface area contributed by atoms with Gasteiger partial charge in [-0.25, -0.2) is 0 Å². The number of hydrogen-bond acceptors (Lipinski definition) is 3. The minimum absolute atomic E-state index is 0.225. The quantitative estimate of drug-likeness (QED) is 0.798. The zero-order valence-electron chi connectivity index (χ0n) is 13.4. The number of hydrogen-bond donors (Lipinski definition) is 0. The van der Waals surface area contributed by atoms with Gasteiger partial charge in [0, 0.05) is 18.6 Å². The molecule has 1 saturated carbocycles. The summed E-state index contributed by atoms with van der Waals surface area (Å²) in [7, 11) is 2.21. The summed E-state index contributed by atoms with van der Waals surface area (Å²) in [5, 5.41) is 0. The molecule has 2 atom stereocenters. The van der Waals surface area contributed by atoms with Crippen molar-refractivity contribution in [2.24, 2.45) is 0 Å². The van der Waals surface area contributed by atoms with Gasteiger partial charge in [-0.2, -0.15) is 0 Å². The average molecular weight is 294 g/mol. The Morgan fingerprint density at radius 3 is 2.38 bits per heavy atom. The Morgan fingerprint density at radius 2 is 1.67 bits per heavy atom. The summed E-state index contributed by atoms with van der Waals surface area (Å²) in [6.07, 6.45) is 11.3. The van der Waals surface area contributed by atoms with Crippen molar-refractivity contribution in [1.82, 2.24) is 9.80 Å². The van der Waals surface area contributed by atoms with Crippen LogP contribution < -0.4 is 0 Å². The number of likely N-dealkylation sites (tertiary alicyclic amines) is 2. The normalized spacial score (nSPS) is 32.0. The molecule has 0 N–H and O–H groups in total. The highest BCUT2D eigenvalue weighted by Crippen LogP contribution is 2.29. The molecule has 21 heavy (non-hydrogen) atoms. The molecule has 2 aliphatic heterocycles. The molecule has 4 heteroatoms. The molecule has 0 radical (unpaired) electrons. The Morgan fingerprint density at radius 1 is 0.952 bits per heavy atom. The van der Waals surface area contributed by atoms with Crippen LogP contribution in [-0.4, -0.2) is 60.6 Å². The Bertz CT molecular complexity index is 355. The van der Waals surface area contributed by atoms with Crippen LogP contribution in [-0.2, 0) is 9.53 Å². The lowest BCUT2D eigenvalue weighted by molar-refractivity contribution is -0.140. The van der Waals surface area contributed by atoms with Gasteiger partial charge in [0.1, 0.15) is 6.61 Å². The lowest BCUT2D eigenvalue weighted by Gasteiger charge is -2.33. The predicted octanol–water partition coefficient (Wildman–Crippen LogP) is 2.42. The van der Waals surface area contributed by atoms with Crippen molar-refractivity contribution >= 4 is 5.91 Å². The van der Waals surface area contributed by atoms with Crippen molar-refractivity contribution in [3.8, 4) is 0 Å². The Labute approximate surface area is 128 Å². The SMILES string of the molecule is CN1CCC[C@H]1[C@H]1CCCN1C(=O)COC1CCCCC1. The molecule has 3 rings (SSSR count). The molecule has 4 nitrogen and oxygen atoms in total. The van der Waals surface area contributed by atoms with E-state index in [9.17, 15) is 4.79 Å². The van der Waals surface area contributed by atoms with Crippen LogP contribution in [0.2, 0.25) is 0 Å². The van der Waals surface area contributed by atoms with Gasteiger partial charge in [0.05, 0.1) is 6.10 Å². The molecule has 0 aromatic rings. The fourth-order valence-corrected chi connectivity index (χ4v) is 4.43. The smallest absolute Gasteiger partial charge is 0.248 e. The number of carbonyl (C=O) groups excluding carboxylic acids is 1. The van der Waals surface area contributed by atoms with Gasteiger partial charge in [-0.15, -0.1) is 0 Å². The number of ether oxygens (including phenoxy) is 1. The van der Waals surface area contributed by atoms with E-state index in [1.54, 1.807) is 0 Å². The van der Waals surface area contributed by atoms with Crippen molar-refractivity contribution in [2.75, 3.05) is 26.7 Å². The fourth-order valence-electron chi connectivity index (χ4n) is 4.43. The largest absolute Gasteiger partial charge is 0.368 e. The topological polar surface area (TPSA) is 32.8 Å². The van der Waals surface area contributed by atoms with Gasteiger partial charge in [0.25, 0.3) is 0 Å². The van der Waals surface area contributed by atoms with Gasteiger partial charge in [-0.05, 0) is 52.1 Å². The van der Waals surface area contributed by atoms with Gasteiger partial charge in [-0.1, -0.05) is 19.3 Å². The number of nitrogens with zero attached hydrogens (tertiary/aromatic N) is 2. The summed E-state index contributed by atoms with van der Waals surface area (Å²) in [4.78, 5) is 17.1. The number of amides is 1. The first-order chi connectivity index (χ1) is 10.3. The second-order valence-corrected chi connectivity index (χ2v) is 7.06. The lowest BCUT2D eigenvalue weighted by Crippen LogP contribution is -2.48. The standard InChI is InChI=1S/C17H30N2O2/c1-18-11-5-9-15(18)16-10-6-12-19(16)17(20)13-21-14-7-3-2-4-8-14/h14-16H,2-13H2,1H3/t15-,16+/m0/s1. The average Bonchev–Trinajstić information content (AvgIpc) is 3.14. The van der Waals surface area contributed by atoms with Crippen LogP contribution in [0.4, 0.5) is 0 Å². The number of carbonyl (C=O) groups is 1. The summed E-state index contributed by atoms with van der Waals surface area (Å²) in [6.45, 7) is 2.42. The third-order valence-corrected chi connectivity index (χ3v) is 5.64. The highest BCUT2D eigenvalue weighted by atomic mass is 16.5. The molecular formula is C17H30N2O2. The first kappa shape index (κ1) is 15.3. The molecular weight excluding hydrogens is 264 g/mol. The summed E-state index contributed by atoms with van der Waals surface area (Å²) < 4.78 is 5.89. The zero-order valence-corrected chi connectivity index (χ0v) is 13.4. The number of rotatable bonds is 4. The molecule has 3 aliphatic rings. The van der Waals surface area contributed by atoms with Gasteiger partial charge < -0.3 is 14.5 Å². The maximum absolute atomic E-state index is 12.5. The van der Waals surface area contributed by atoms with E-state index >= 15 is 0 Å². The first-order valence-electron chi connectivity index (χ1n) is 8.87. The minimum Gasteiger partial charge on any atom is -0.368 e. The van der Waals surface area contributed by atoms with E-state index in [-0.39, 0.29) is 5.91 Å². The summed E-state index contributed by atoms with van der Waals surface area (Å²) in [6, 6.07) is 1.01. The van der Waals surface area contributed by atoms with Crippen LogP contribution in [0.25, 0.3) is 0 Å². The maximum Gasteiger partial charge on any atom is 0.248 e. The summed E-state index contributed by atoms with van der Waals surface area (Å²) >= 11 is 0. The van der Waals surface area contributed by atoms with Crippen LogP contribution >= 0.6 is 0 Å². The van der Waals surface area contributed by atoms with Crippen LogP contribution in [0.15, 0.2) is 0 Å². The molecule has 0 spiro atoms. The second-order valence-electron chi connectivity index (χ2n) is 7.06. The maximum atomic E-state index is 12.5. The molecule has 0 aromatic heterocycles. The van der Waals surface area contributed by atoms with E-state index in [1.807, 2.05) is 0 Å². The molecule has 0 aromatic carbocycles. The fraction of sp³-hybridized carbons (Fsp3) is 0.941. The van der Waals surface area contributed by atoms with E-state index < -0.39 is 0 Å². The van der Waals surface area contributed by atoms with E-state index in [0.29, 0.717) is 24.8 Å². The van der Waals surface area contributed by atoms with E-state index in [0.717, 1.165) is 25.8 Å². The molecule has 1 aliphatic carbocycles. The van der Waals surface area contributed by atoms with E-state index in [2.05, 4.69) is 16.8 Å². The zero-order chi connectivity index (χ0) is 14.7. The van der Waals surface area contributed by atoms with Gasteiger partial charge in [0.2, 0.25) is 5.91 Å². The highest BCUT2D eigenvalue weighted by molar-refractivity contribution is 5.78. The molecule has 0 bridgehead atoms. The summed E-state index contributed by atoms with van der Waals surface area (Å²) in [5.74, 6) is 0.225. The van der Waals surface area contributed by atoms with Crippen molar-refractivity contribution < 1.29 is 9.53 Å². The van der Waals surface area contributed by atoms with Crippen molar-refractivity contribution in [3.05, 3.63) is 0 Å². The monoisotopic (exact) mass is 294 g/mol. The minimum atomic E-state index is 0.225. The van der Waals surface area contributed by atoms with Crippen molar-refractivity contribution in [1.29, 1.82) is 0 Å². The highest BCUT2D eigenvalue weighted by Gasteiger charge is 2.38. The van der Waals surface area contributed by atoms with Crippen molar-refractivity contribution in [2.45, 2.75) is 76.0 Å². The Kier molecular flexibility index (Phi) is 5.17. The molecule has 3 fully saturated rings. The van der Waals surface area contributed by atoms with Gasteiger partial charge >= 0.3 is 0 Å². The van der Waals surface area contributed by atoms with Gasteiger partial charge in [-0.3, -0.25) is 4.79 Å².